The summed E-state index contributed by atoms with van der Waals surface area (Å²) in [5.41, 5.74) is 9.59. The minimum Gasteiger partial charge on any atom is -0.383 e. The van der Waals surface area contributed by atoms with Gasteiger partial charge in [-0.15, -0.1) is 24.8 Å². The lowest BCUT2D eigenvalue weighted by atomic mass is 10.1. The maximum absolute atomic E-state index is 6.32. The second-order valence-corrected chi connectivity index (χ2v) is 5.76. The van der Waals surface area contributed by atoms with Crippen LogP contribution in [0.3, 0.4) is 0 Å². The van der Waals surface area contributed by atoms with E-state index in [4.69, 9.17) is 5.73 Å². The van der Waals surface area contributed by atoms with Crippen LogP contribution in [0.15, 0.2) is 24.5 Å². The summed E-state index contributed by atoms with van der Waals surface area (Å²) >= 11 is 0. The van der Waals surface area contributed by atoms with Crippen molar-refractivity contribution in [2.45, 2.75) is 13.0 Å². The van der Waals surface area contributed by atoms with E-state index in [1.54, 1.807) is 12.4 Å². The normalized spacial score (nSPS) is 14.0. The van der Waals surface area contributed by atoms with Gasteiger partial charge in [-0.1, -0.05) is 0 Å². The van der Waals surface area contributed by atoms with E-state index < -0.39 is 0 Å². The molecule has 0 unspecified atom stereocenters. The van der Waals surface area contributed by atoms with Crippen LogP contribution in [-0.4, -0.2) is 58.3 Å². The van der Waals surface area contributed by atoms with Crippen LogP contribution in [0.5, 0.6) is 0 Å². The number of hydrogen-bond acceptors (Lipinski definition) is 5. The van der Waals surface area contributed by atoms with Crippen molar-refractivity contribution in [2.24, 2.45) is 0 Å². The molecule has 6 nitrogen and oxygen atoms in total. The molecular formula is C15H24Cl2N6. The number of fused-ring (bicyclic) bond motifs is 1. The average molecular weight is 359 g/mol. The Morgan fingerprint density at radius 3 is 2.57 bits per heavy atom. The number of anilines is 1. The molecule has 0 aliphatic carbocycles. The van der Waals surface area contributed by atoms with Gasteiger partial charge < -0.3 is 10.6 Å². The second-order valence-electron chi connectivity index (χ2n) is 5.76. The second kappa shape index (κ2) is 8.49. The number of nitrogens with two attached hydrogens (primary N) is 1. The Hall–Kier alpha value is -1.34. The summed E-state index contributed by atoms with van der Waals surface area (Å²) in [7, 11) is 4.20. The summed E-state index contributed by atoms with van der Waals surface area (Å²) in [5.74, 6) is 0.755. The molecule has 0 spiro atoms. The summed E-state index contributed by atoms with van der Waals surface area (Å²) < 4.78 is 1.84. The Labute approximate surface area is 149 Å². The van der Waals surface area contributed by atoms with Gasteiger partial charge in [0, 0.05) is 50.6 Å². The van der Waals surface area contributed by atoms with Crippen LogP contribution in [0.1, 0.15) is 11.3 Å². The van der Waals surface area contributed by atoms with Gasteiger partial charge >= 0.3 is 0 Å². The van der Waals surface area contributed by atoms with E-state index in [1.165, 1.54) is 5.56 Å². The van der Waals surface area contributed by atoms with E-state index in [9.17, 15) is 0 Å². The zero-order chi connectivity index (χ0) is 14.8. The lowest BCUT2D eigenvalue weighted by Gasteiger charge is -2.27. The minimum absolute atomic E-state index is 0. The molecule has 0 aromatic carbocycles. The van der Waals surface area contributed by atoms with Gasteiger partial charge in [-0.2, -0.15) is 5.10 Å². The fourth-order valence-corrected chi connectivity index (χ4v) is 2.66. The van der Waals surface area contributed by atoms with E-state index in [0.717, 1.165) is 49.8 Å². The predicted octanol–water partition coefficient (Wildman–Crippen LogP) is 1.61. The molecule has 0 saturated heterocycles. The topological polar surface area (TPSA) is 63.2 Å². The van der Waals surface area contributed by atoms with Crippen molar-refractivity contribution in [3.05, 3.63) is 35.8 Å². The van der Waals surface area contributed by atoms with Crippen molar-refractivity contribution >= 4 is 30.6 Å². The first-order chi connectivity index (χ1) is 10.1. The molecule has 0 saturated carbocycles. The number of likely N-dealkylation sites (N-methyl/N-ethyl adjacent to an activating group) is 1. The highest BCUT2D eigenvalue weighted by Crippen LogP contribution is 2.26. The molecule has 3 rings (SSSR count). The third kappa shape index (κ3) is 4.35. The van der Waals surface area contributed by atoms with Crippen molar-refractivity contribution < 1.29 is 0 Å². The van der Waals surface area contributed by atoms with Gasteiger partial charge in [-0.3, -0.25) is 9.88 Å². The summed E-state index contributed by atoms with van der Waals surface area (Å²) in [6.45, 7) is 4.06. The Morgan fingerprint density at radius 2 is 1.91 bits per heavy atom. The Bertz CT molecular complexity index is 614. The molecule has 8 heteroatoms. The van der Waals surface area contributed by atoms with Gasteiger partial charge in [0.2, 0.25) is 0 Å². The van der Waals surface area contributed by atoms with Gasteiger partial charge in [0.05, 0.1) is 11.4 Å². The van der Waals surface area contributed by atoms with Crippen molar-refractivity contribution in [2.75, 3.05) is 39.5 Å². The Kier molecular flexibility index (Phi) is 7.28. The Morgan fingerprint density at radius 1 is 1.22 bits per heavy atom. The van der Waals surface area contributed by atoms with E-state index in [-0.39, 0.29) is 24.8 Å². The summed E-state index contributed by atoms with van der Waals surface area (Å²) in [5, 5.41) is 4.68. The number of hydrogen-bond donors (Lipinski definition) is 1. The maximum Gasteiger partial charge on any atom is 0.132 e. The monoisotopic (exact) mass is 358 g/mol. The van der Waals surface area contributed by atoms with Crippen molar-refractivity contribution in [1.29, 1.82) is 0 Å². The molecule has 23 heavy (non-hydrogen) atoms. The molecule has 2 aromatic rings. The number of halogens is 2. The van der Waals surface area contributed by atoms with Crippen LogP contribution in [-0.2, 0) is 13.0 Å². The molecule has 0 radical (unpaired) electrons. The van der Waals surface area contributed by atoms with Gasteiger partial charge in [0.15, 0.2) is 0 Å². The van der Waals surface area contributed by atoms with E-state index in [1.807, 2.05) is 16.8 Å². The summed E-state index contributed by atoms with van der Waals surface area (Å²) in [4.78, 5) is 8.69. The molecule has 1 aliphatic rings. The van der Waals surface area contributed by atoms with Crippen molar-refractivity contribution in [3.63, 3.8) is 0 Å². The van der Waals surface area contributed by atoms with Crippen LogP contribution in [0.4, 0.5) is 5.82 Å². The minimum atomic E-state index is 0. The number of nitrogen functional groups attached to an aromatic ring is 1. The SMILES string of the molecule is CN(C)CCN1CCc2nn(-c3ccncc3)c(N)c2C1.Cl.Cl. The molecule has 2 aromatic heterocycles. The predicted molar refractivity (Wildman–Crippen MR) is 97.8 cm³/mol. The molecule has 2 N–H and O–H groups in total. The van der Waals surface area contributed by atoms with Crippen LogP contribution in [0.2, 0.25) is 0 Å². The maximum atomic E-state index is 6.32. The van der Waals surface area contributed by atoms with Gasteiger partial charge in [-0.05, 0) is 26.2 Å². The third-order valence-corrected chi connectivity index (χ3v) is 3.92. The highest BCUT2D eigenvalue weighted by atomic mass is 35.5. The largest absolute Gasteiger partial charge is 0.383 e. The van der Waals surface area contributed by atoms with Crippen LogP contribution in [0, 0.1) is 0 Å². The van der Waals surface area contributed by atoms with Crippen LogP contribution < -0.4 is 5.73 Å². The highest BCUT2D eigenvalue weighted by Gasteiger charge is 2.23. The standard InChI is InChI=1S/C15H22N6.2ClH/c1-19(2)9-10-20-8-5-14-13(11-20)15(16)21(18-14)12-3-6-17-7-4-12;;/h3-4,6-7H,5,8-11,16H2,1-2H3;2*1H. The molecule has 0 atom stereocenters. The number of aromatic nitrogens is 3. The molecule has 3 heterocycles. The van der Waals surface area contributed by atoms with Crippen molar-refractivity contribution in [1.82, 2.24) is 24.6 Å². The number of pyridine rings is 1. The lowest BCUT2D eigenvalue weighted by molar-refractivity contribution is 0.225. The van der Waals surface area contributed by atoms with Crippen LogP contribution >= 0.6 is 24.8 Å². The fourth-order valence-electron chi connectivity index (χ4n) is 2.66. The smallest absolute Gasteiger partial charge is 0.132 e. The van der Waals surface area contributed by atoms with E-state index in [2.05, 4.69) is 34.0 Å². The molecule has 128 valence electrons. The zero-order valence-corrected chi connectivity index (χ0v) is 15.1. The number of rotatable bonds is 4. The van der Waals surface area contributed by atoms with E-state index >= 15 is 0 Å². The van der Waals surface area contributed by atoms with Gasteiger partial charge in [-0.25, -0.2) is 4.68 Å². The molecule has 0 amide bonds. The first kappa shape index (κ1) is 19.7. The summed E-state index contributed by atoms with van der Waals surface area (Å²) in [6, 6.07) is 3.86. The number of nitrogens with zero attached hydrogens (tertiary/aromatic N) is 5. The molecular weight excluding hydrogens is 335 g/mol. The highest BCUT2D eigenvalue weighted by molar-refractivity contribution is 5.85. The lowest BCUT2D eigenvalue weighted by Crippen LogP contribution is -2.35. The van der Waals surface area contributed by atoms with Crippen molar-refractivity contribution in [3.8, 4) is 5.69 Å². The molecule has 0 bridgehead atoms. The first-order valence-electron chi connectivity index (χ1n) is 7.29. The van der Waals surface area contributed by atoms with Crippen LogP contribution in [0.25, 0.3) is 5.69 Å². The third-order valence-electron chi connectivity index (χ3n) is 3.92. The summed E-state index contributed by atoms with van der Waals surface area (Å²) in [6.07, 6.45) is 4.49. The first-order valence-corrected chi connectivity index (χ1v) is 7.29. The average Bonchev–Trinajstić information content (AvgIpc) is 2.83. The Balaban J connectivity index is 0.00000132. The molecule has 0 fully saturated rings. The van der Waals surface area contributed by atoms with E-state index in [0.29, 0.717) is 0 Å². The van der Waals surface area contributed by atoms with Gasteiger partial charge in [0.1, 0.15) is 5.82 Å². The zero-order valence-electron chi connectivity index (χ0n) is 13.5. The van der Waals surface area contributed by atoms with Gasteiger partial charge in [0.25, 0.3) is 0 Å². The fraction of sp³-hybridized carbons (Fsp3) is 0.467. The molecule has 1 aliphatic heterocycles. The quantitative estimate of drug-likeness (QED) is 0.899.